The van der Waals surface area contributed by atoms with E-state index >= 15 is 0 Å². The molecule has 20 nitrogen and oxygen atoms in total. The fraction of sp³-hybridized carbons (Fsp3) is 0.409. The zero-order valence-electron chi connectivity index (χ0n) is 33.9. The van der Waals surface area contributed by atoms with E-state index in [-0.39, 0.29) is 68.1 Å². The first-order valence-corrected chi connectivity index (χ1v) is 20.4. The molecule has 0 radical (unpaired) electrons. The number of ether oxygens (including phenoxy) is 10. The fourth-order valence-corrected chi connectivity index (χ4v) is 8.22. The molecular formula is C44H40O20. The summed E-state index contributed by atoms with van der Waals surface area (Å²) in [5.41, 5.74) is -1.86. The molecule has 64 heavy (non-hydrogen) atoms. The van der Waals surface area contributed by atoms with E-state index in [1.165, 1.54) is 48.6 Å². The van der Waals surface area contributed by atoms with E-state index < -0.39 is 99.7 Å². The standard InChI is InChI=1S/C44H40O20/c1-25-30(45)55-41(56-31(25)46)17-19-42(20-18-41)59-34(49)27(35(50)60-42)13-7-3-8-14-29-38(53)63-44(64-39(29)54)23-21-43(22-24-44)61-36(51)28(37(52)62-43)12-6-2-5-11-26-32(47)57-40(58-33(26)48)15-9-4-10-16-40/h2-3,5-8,11-14,49,51H,1,4,9-10,15-24H2/b5-2+,8-3+,12-6+,13-7+,29-14?. The number of hydrogen-bond donors (Lipinski definition) is 2. The van der Waals surface area contributed by atoms with E-state index in [4.69, 9.17) is 47.4 Å². The minimum absolute atomic E-state index is 0.0777. The highest BCUT2D eigenvalue weighted by molar-refractivity contribution is 6.16. The second kappa shape index (κ2) is 16.4. The molecule has 336 valence electrons. The van der Waals surface area contributed by atoms with Gasteiger partial charge in [-0.25, -0.2) is 38.4 Å². The van der Waals surface area contributed by atoms with Crippen molar-refractivity contribution < 1.29 is 95.9 Å². The summed E-state index contributed by atoms with van der Waals surface area (Å²) in [5.74, 6) is -16.5. The van der Waals surface area contributed by atoms with Crippen molar-refractivity contribution in [1.82, 2.24) is 0 Å². The van der Waals surface area contributed by atoms with E-state index in [0.717, 1.165) is 31.4 Å². The van der Waals surface area contributed by atoms with Gasteiger partial charge in [-0.1, -0.05) is 49.5 Å². The Morgan fingerprint density at radius 3 is 1.00 bits per heavy atom. The molecule has 0 atom stereocenters. The molecule has 0 aromatic rings. The number of carbonyl (C=O) groups excluding carboxylic acids is 8. The molecule has 2 N–H and O–H groups in total. The zero-order chi connectivity index (χ0) is 45.5. The van der Waals surface area contributed by atoms with Crippen LogP contribution < -0.4 is 0 Å². The van der Waals surface area contributed by atoms with Crippen LogP contribution in [0.5, 0.6) is 0 Å². The molecule has 8 aliphatic rings. The quantitative estimate of drug-likeness (QED) is 0.124. The molecule has 6 fully saturated rings. The molecule has 0 aromatic heterocycles. The lowest BCUT2D eigenvalue weighted by Crippen LogP contribution is -2.54. The van der Waals surface area contributed by atoms with Crippen molar-refractivity contribution in [3.63, 3.8) is 0 Å². The first kappa shape index (κ1) is 43.3. The van der Waals surface area contributed by atoms with Crippen LogP contribution in [0.3, 0.4) is 0 Å². The molecule has 5 aliphatic heterocycles. The van der Waals surface area contributed by atoms with E-state index in [1.807, 2.05) is 0 Å². The fourth-order valence-electron chi connectivity index (χ4n) is 8.22. The molecule has 0 aromatic carbocycles. The van der Waals surface area contributed by atoms with Crippen LogP contribution in [-0.2, 0) is 85.7 Å². The topological polar surface area (TPSA) is 269 Å². The molecule has 0 unspecified atom stereocenters. The van der Waals surface area contributed by atoms with Gasteiger partial charge in [-0.15, -0.1) is 0 Å². The minimum atomic E-state index is -1.70. The van der Waals surface area contributed by atoms with E-state index in [0.29, 0.717) is 12.8 Å². The number of aliphatic hydroxyl groups excluding tert-OH is 2. The van der Waals surface area contributed by atoms with Crippen LogP contribution in [0.25, 0.3) is 0 Å². The van der Waals surface area contributed by atoms with Crippen molar-refractivity contribution in [3.05, 3.63) is 107 Å². The van der Waals surface area contributed by atoms with Gasteiger partial charge in [-0.05, 0) is 37.1 Å². The van der Waals surface area contributed by atoms with Crippen LogP contribution in [0.1, 0.15) is 83.5 Å². The van der Waals surface area contributed by atoms with E-state index in [1.54, 1.807) is 0 Å². The van der Waals surface area contributed by atoms with Crippen LogP contribution in [-0.4, -0.2) is 86.9 Å². The highest BCUT2D eigenvalue weighted by Gasteiger charge is 2.57. The zero-order valence-corrected chi connectivity index (χ0v) is 33.9. The highest BCUT2D eigenvalue weighted by atomic mass is 16.8. The first-order valence-electron chi connectivity index (χ1n) is 20.4. The van der Waals surface area contributed by atoms with Gasteiger partial charge in [0.05, 0.1) is 0 Å². The number of hydrogen-bond acceptors (Lipinski definition) is 20. The maximum atomic E-state index is 13.0. The summed E-state index contributed by atoms with van der Waals surface area (Å²) in [4.78, 5) is 101. The van der Waals surface area contributed by atoms with Crippen LogP contribution in [0.2, 0.25) is 0 Å². The average Bonchev–Trinajstić information content (AvgIpc) is 3.23. The normalized spacial score (nSPS) is 27.4. The summed E-state index contributed by atoms with van der Waals surface area (Å²) in [6.07, 6.45) is 15.2. The van der Waals surface area contributed by atoms with Crippen molar-refractivity contribution in [2.24, 2.45) is 0 Å². The van der Waals surface area contributed by atoms with Crippen LogP contribution in [0, 0.1) is 0 Å². The van der Waals surface area contributed by atoms with Gasteiger partial charge in [0.2, 0.25) is 0 Å². The molecule has 20 heteroatoms. The maximum Gasteiger partial charge on any atom is 0.348 e. The Hall–Kier alpha value is -7.38. The van der Waals surface area contributed by atoms with Crippen molar-refractivity contribution in [2.45, 2.75) is 112 Å². The van der Waals surface area contributed by atoms with Gasteiger partial charge in [0.1, 0.15) is 27.9 Å². The minimum Gasteiger partial charge on any atom is -0.480 e. The Labute approximate surface area is 362 Å². The summed E-state index contributed by atoms with van der Waals surface area (Å²) in [5, 5.41) is 21.2. The van der Waals surface area contributed by atoms with Crippen molar-refractivity contribution in [3.8, 4) is 0 Å². The molecule has 3 saturated heterocycles. The van der Waals surface area contributed by atoms with Crippen LogP contribution >= 0.6 is 0 Å². The lowest BCUT2D eigenvalue weighted by atomic mass is 9.87. The smallest absolute Gasteiger partial charge is 0.348 e. The van der Waals surface area contributed by atoms with Gasteiger partial charge in [-0.2, -0.15) is 0 Å². The van der Waals surface area contributed by atoms with Crippen molar-refractivity contribution in [2.75, 3.05) is 0 Å². The second-order valence-electron chi connectivity index (χ2n) is 16.0. The van der Waals surface area contributed by atoms with Gasteiger partial charge in [-0.3, -0.25) is 0 Å². The Balaban J connectivity index is 0.814. The number of esters is 8. The molecule has 3 saturated carbocycles. The number of rotatable bonds is 6. The third-order valence-corrected chi connectivity index (χ3v) is 11.7. The summed E-state index contributed by atoms with van der Waals surface area (Å²) in [6.45, 7) is 3.31. The highest BCUT2D eigenvalue weighted by Crippen LogP contribution is 2.47. The third kappa shape index (κ3) is 8.41. The number of carbonyl (C=O) groups is 8. The molecule has 0 amide bonds. The van der Waals surface area contributed by atoms with Crippen molar-refractivity contribution in [1.29, 1.82) is 0 Å². The largest absolute Gasteiger partial charge is 0.480 e. The van der Waals surface area contributed by atoms with Crippen LogP contribution in [0.4, 0.5) is 0 Å². The van der Waals surface area contributed by atoms with Gasteiger partial charge in [0.15, 0.2) is 0 Å². The second-order valence-corrected chi connectivity index (χ2v) is 16.0. The van der Waals surface area contributed by atoms with Gasteiger partial charge < -0.3 is 57.6 Å². The predicted molar refractivity (Wildman–Crippen MR) is 206 cm³/mol. The third-order valence-electron chi connectivity index (χ3n) is 11.7. The van der Waals surface area contributed by atoms with E-state index in [9.17, 15) is 48.6 Å². The number of allylic oxidation sites excluding steroid dienone is 8. The molecule has 5 heterocycles. The predicted octanol–water partition coefficient (Wildman–Crippen LogP) is 4.20. The average molecular weight is 889 g/mol. The lowest BCUT2D eigenvalue weighted by molar-refractivity contribution is -0.297. The van der Waals surface area contributed by atoms with Crippen molar-refractivity contribution >= 4 is 47.8 Å². The monoisotopic (exact) mass is 888 g/mol. The molecule has 8 rings (SSSR count). The summed E-state index contributed by atoms with van der Waals surface area (Å²) < 4.78 is 54.7. The Morgan fingerprint density at radius 1 is 0.359 bits per heavy atom. The van der Waals surface area contributed by atoms with Gasteiger partial charge in [0.25, 0.3) is 40.8 Å². The SMILES string of the molecule is C=C1C(=O)OC2(CCC3(CC2)OC(=O)C(/C=C/C=C/C=C2C(=O)OC4(CCC5(CC4)OC(=O)C(/C=C/C=C/C=C4C(=O)OC6(CCCCC6)OC4=O)=C(O)O5)OC2=O)=C(O)O3)OC1=O. The molecule has 5 spiro atoms. The van der Waals surface area contributed by atoms with E-state index in [2.05, 4.69) is 6.58 Å². The molecular weight excluding hydrogens is 848 g/mol. The maximum absolute atomic E-state index is 13.0. The lowest BCUT2D eigenvalue weighted by Gasteiger charge is -2.46. The summed E-state index contributed by atoms with van der Waals surface area (Å²) in [7, 11) is 0. The summed E-state index contributed by atoms with van der Waals surface area (Å²) in [6, 6.07) is 0. The van der Waals surface area contributed by atoms with Gasteiger partial charge >= 0.3 is 47.8 Å². The Bertz CT molecular complexity index is 2310. The van der Waals surface area contributed by atoms with Crippen LogP contribution in [0.15, 0.2) is 107 Å². The molecule has 3 aliphatic carbocycles. The summed E-state index contributed by atoms with van der Waals surface area (Å²) >= 11 is 0. The Morgan fingerprint density at radius 2 is 0.656 bits per heavy atom. The number of aliphatic hydroxyl groups is 2. The first-order chi connectivity index (χ1) is 30.5. The Kier molecular flexibility index (Phi) is 11.1. The molecule has 0 bridgehead atoms. The van der Waals surface area contributed by atoms with Gasteiger partial charge in [0, 0.05) is 64.2 Å².